The zero-order chi connectivity index (χ0) is 20.8. The fraction of sp³-hybridized carbons (Fsp3) is 0.375. The highest BCUT2D eigenvalue weighted by Crippen LogP contribution is 2.40. The molecule has 1 N–H and O–H groups in total. The SMILES string of the molecule is COCCNC(=O)CCN(Cc1ccccc1)c1nc(C2CC2)nc2ccccc12. The Labute approximate surface area is 177 Å². The minimum atomic E-state index is 0.0193. The summed E-state index contributed by atoms with van der Waals surface area (Å²) < 4.78 is 5.01. The zero-order valence-electron chi connectivity index (χ0n) is 17.4. The van der Waals surface area contributed by atoms with Gasteiger partial charge < -0.3 is 15.0 Å². The number of nitrogens with zero attached hydrogens (tertiary/aromatic N) is 3. The number of fused-ring (bicyclic) bond motifs is 1. The van der Waals surface area contributed by atoms with Gasteiger partial charge in [0.2, 0.25) is 5.91 Å². The Morgan fingerprint density at radius 3 is 2.63 bits per heavy atom. The third kappa shape index (κ3) is 5.13. The minimum Gasteiger partial charge on any atom is -0.383 e. The third-order valence-electron chi connectivity index (χ3n) is 5.30. The van der Waals surface area contributed by atoms with Gasteiger partial charge in [-0.1, -0.05) is 42.5 Å². The summed E-state index contributed by atoms with van der Waals surface area (Å²) in [5.41, 5.74) is 2.15. The molecule has 6 heteroatoms. The maximum Gasteiger partial charge on any atom is 0.221 e. The van der Waals surface area contributed by atoms with E-state index in [1.54, 1.807) is 7.11 Å². The molecule has 1 aliphatic rings. The van der Waals surface area contributed by atoms with Crippen molar-refractivity contribution >= 4 is 22.6 Å². The number of rotatable bonds is 10. The highest BCUT2D eigenvalue weighted by molar-refractivity contribution is 5.90. The molecule has 3 aromatic rings. The van der Waals surface area contributed by atoms with Gasteiger partial charge in [-0.15, -0.1) is 0 Å². The first-order chi connectivity index (χ1) is 14.7. The number of aromatic nitrogens is 2. The molecule has 156 valence electrons. The third-order valence-corrected chi connectivity index (χ3v) is 5.30. The van der Waals surface area contributed by atoms with Crippen LogP contribution in [0.4, 0.5) is 5.82 Å². The number of hydrogen-bond acceptors (Lipinski definition) is 5. The van der Waals surface area contributed by atoms with Crippen LogP contribution in [0.5, 0.6) is 0 Å². The molecule has 30 heavy (non-hydrogen) atoms. The monoisotopic (exact) mass is 404 g/mol. The highest BCUT2D eigenvalue weighted by atomic mass is 16.5. The van der Waals surface area contributed by atoms with E-state index in [-0.39, 0.29) is 5.91 Å². The zero-order valence-corrected chi connectivity index (χ0v) is 17.4. The fourth-order valence-corrected chi connectivity index (χ4v) is 3.52. The maximum absolute atomic E-state index is 12.3. The van der Waals surface area contributed by atoms with Crippen LogP contribution < -0.4 is 10.2 Å². The molecule has 0 atom stereocenters. The van der Waals surface area contributed by atoms with Crippen molar-refractivity contribution in [3.05, 3.63) is 66.0 Å². The molecule has 2 aromatic carbocycles. The summed E-state index contributed by atoms with van der Waals surface area (Å²) >= 11 is 0. The molecule has 1 amide bonds. The number of benzene rings is 2. The van der Waals surface area contributed by atoms with Crippen LogP contribution in [0.1, 0.15) is 36.6 Å². The fourth-order valence-electron chi connectivity index (χ4n) is 3.52. The van der Waals surface area contributed by atoms with Crippen LogP contribution in [-0.4, -0.2) is 42.7 Å². The van der Waals surface area contributed by atoms with Gasteiger partial charge in [0.05, 0.1) is 12.1 Å². The van der Waals surface area contributed by atoms with E-state index in [0.717, 1.165) is 35.4 Å². The van der Waals surface area contributed by atoms with E-state index in [2.05, 4.69) is 28.4 Å². The number of ether oxygens (including phenoxy) is 1. The number of nitrogens with one attached hydrogen (secondary N) is 1. The first-order valence-corrected chi connectivity index (χ1v) is 10.6. The van der Waals surface area contributed by atoms with Gasteiger partial charge in [0.1, 0.15) is 11.6 Å². The predicted molar refractivity (Wildman–Crippen MR) is 119 cm³/mol. The smallest absolute Gasteiger partial charge is 0.221 e. The van der Waals surface area contributed by atoms with Crippen LogP contribution in [0.2, 0.25) is 0 Å². The number of para-hydroxylation sites is 1. The highest BCUT2D eigenvalue weighted by Gasteiger charge is 2.28. The molecule has 0 bridgehead atoms. The van der Waals surface area contributed by atoms with Crippen LogP contribution in [0.15, 0.2) is 54.6 Å². The molecular weight excluding hydrogens is 376 g/mol. The molecule has 1 aromatic heterocycles. The molecule has 0 spiro atoms. The lowest BCUT2D eigenvalue weighted by Crippen LogP contribution is -2.32. The normalized spacial score (nSPS) is 13.4. The molecule has 1 heterocycles. The number of methoxy groups -OCH3 is 1. The number of anilines is 1. The summed E-state index contributed by atoms with van der Waals surface area (Å²) in [6.45, 7) is 2.31. The minimum absolute atomic E-state index is 0.0193. The van der Waals surface area contributed by atoms with Gasteiger partial charge in [0, 0.05) is 44.5 Å². The van der Waals surface area contributed by atoms with Crippen LogP contribution in [0, 0.1) is 0 Å². The van der Waals surface area contributed by atoms with E-state index in [9.17, 15) is 4.79 Å². The van der Waals surface area contributed by atoms with Gasteiger partial charge in [-0.2, -0.15) is 0 Å². The average Bonchev–Trinajstić information content (AvgIpc) is 3.62. The summed E-state index contributed by atoms with van der Waals surface area (Å²) in [6, 6.07) is 18.5. The van der Waals surface area contributed by atoms with Crippen LogP contribution in [0.3, 0.4) is 0 Å². The van der Waals surface area contributed by atoms with Crippen LogP contribution >= 0.6 is 0 Å². The van der Waals surface area contributed by atoms with E-state index < -0.39 is 0 Å². The quantitative estimate of drug-likeness (QED) is 0.522. The van der Waals surface area contributed by atoms with Gasteiger partial charge >= 0.3 is 0 Å². The predicted octanol–water partition coefficient (Wildman–Crippen LogP) is 3.67. The van der Waals surface area contributed by atoms with Gasteiger partial charge in [-0.3, -0.25) is 4.79 Å². The summed E-state index contributed by atoms with van der Waals surface area (Å²) in [5, 5.41) is 3.93. The van der Waals surface area contributed by atoms with Gasteiger partial charge in [0.25, 0.3) is 0 Å². The molecule has 0 radical (unpaired) electrons. The second kappa shape index (κ2) is 9.67. The second-order valence-electron chi connectivity index (χ2n) is 7.70. The Hall–Kier alpha value is -2.99. The van der Waals surface area contributed by atoms with E-state index in [1.165, 1.54) is 5.56 Å². The van der Waals surface area contributed by atoms with E-state index in [4.69, 9.17) is 14.7 Å². The molecule has 0 unspecified atom stereocenters. The van der Waals surface area contributed by atoms with Gasteiger partial charge in [0.15, 0.2) is 0 Å². The van der Waals surface area contributed by atoms with Crippen molar-refractivity contribution in [3.8, 4) is 0 Å². The maximum atomic E-state index is 12.3. The van der Waals surface area contributed by atoms with E-state index in [0.29, 0.717) is 38.6 Å². The Morgan fingerprint density at radius 1 is 1.10 bits per heavy atom. The van der Waals surface area contributed by atoms with Crippen molar-refractivity contribution in [1.29, 1.82) is 0 Å². The molecule has 6 nitrogen and oxygen atoms in total. The van der Waals surface area contributed by atoms with Crippen molar-refractivity contribution < 1.29 is 9.53 Å². The Bertz CT molecular complexity index is 989. The topological polar surface area (TPSA) is 67.3 Å². The second-order valence-corrected chi connectivity index (χ2v) is 7.70. The Kier molecular flexibility index (Phi) is 6.54. The number of hydrogen-bond donors (Lipinski definition) is 1. The van der Waals surface area contributed by atoms with E-state index in [1.807, 2.05) is 36.4 Å². The van der Waals surface area contributed by atoms with Crippen molar-refractivity contribution in [2.24, 2.45) is 0 Å². The van der Waals surface area contributed by atoms with Gasteiger partial charge in [-0.25, -0.2) is 9.97 Å². The summed E-state index contributed by atoms with van der Waals surface area (Å²) in [6.07, 6.45) is 2.70. The molecule has 1 saturated carbocycles. The van der Waals surface area contributed by atoms with Gasteiger partial charge in [-0.05, 0) is 30.5 Å². The Balaban J connectivity index is 1.62. The largest absolute Gasteiger partial charge is 0.383 e. The van der Waals surface area contributed by atoms with Crippen molar-refractivity contribution in [2.45, 2.75) is 31.7 Å². The average molecular weight is 405 g/mol. The lowest BCUT2D eigenvalue weighted by atomic mass is 10.1. The number of carbonyl (C=O) groups excluding carboxylic acids is 1. The summed E-state index contributed by atoms with van der Waals surface area (Å²) in [7, 11) is 1.63. The Morgan fingerprint density at radius 2 is 1.87 bits per heavy atom. The van der Waals surface area contributed by atoms with Crippen LogP contribution in [0.25, 0.3) is 10.9 Å². The summed E-state index contributed by atoms with van der Waals surface area (Å²) in [4.78, 5) is 24.3. The summed E-state index contributed by atoms with van der Waals surface area (Å²) in [5.74, 6) is 2.32. The number of carbonyl (C=O) groups is 1. The lowest BCUT2D eigenvalue weighted by molar-refractivity contribution is -0.121. The van der Waals surface area contributed by atoms with Crippen molar-refractivity contribution in [3.63, 3.8) is 0 Å². The first kappa shape index (κ1) is 20.3. The lowest BCUT2D eigenvalue weighted by Gasteiger charge is -2.25. The molecule has 1 aliphatic carbocycles. The van der Waals surface area contributed by atoms with E-state index >= 15 is 0 Å². The van der Waals surface area contributed by atoms with Crippen molar-refractivity contribution in [1.82, 2.24) is 15.3 Å². The number of amides is 1. The standard InChI is InChI=1S/C24H28N4O2/c1-30-16-14-25-22(29)13-15-28(17-18-7-3-2-4-8-18)24-20-9-5-6-10-21(20)26-23(27-24)19-11-12-19/h2-10,19H,11-17H2,1H3,(H,25,29). The first-order valence-electron chi connectivity index (χ1n) is 10.6. The molecular formula is C24H28N4O2. The molecule has 1 fully saturated rings. The van der Waals surface area contributed by atoms with Crippen molar-refractivity contribution in [2.75, 3.05) is 31.7 Å². The molecule has 0 saturated heterocycles. The van der Waals surface area contributed by atoms with Crippen LogP contribution in [-0.2, 0) is 16.1 Å². The molecule has 0 aliphatic heterocycles. The molecule has 4 rings (SSSR count).